The third-order valence-electron chi connectivity index (χ3n) is 0.455. The highest BCUT2D eigenvalue weighted by Crippen LogP contribution is 1.92. The van der Waals surface area contributed by atoms with Crippen LogP contribution in [-0.2, 0) is 0 Å². The molecule has 0 spiro atoms. The summed E-state index contributed by atoms with van der Waals surface area (Å²) in [5.74, 6) is 0.125. The summed E-state index contributed by atoms with van der Waals surface area (Å²) in [6, 6.07) is 0. The molecule has 40 valence electrons. The smallest absolute Gasteiger partial charge is 0.108 e. The van der Waals surface area contributed by atoms with Crippen LogP contribution in [0.1, 0.15) is 13.8 Å². The van der Waals surface area contributed by atoms with Crippen molar-refractivity contribution >= 4 is 0 Å². The third-order valence-corrected chi connectivity index (χ3v) is 0.455. The van der Waals surface area contributed by atoms with Crippen molar-refractivity contribution in [2.45, 2.75) is 13.8 Å². The van der Waals surface area contributed by atoms with Gasteiger partial charge in [0, 0.05) is 0 Å². The summed E-state index contributed by atoms with van der Waals surface area (Å²) < 4.78 is 0. The number of allylic oxidation sites excluding steroid dienone is 2. The second-order valence-corrected chi connectivity index (χ2v) is 1.71. The molecule has 0 amide bonds. The van der Waals surface area contributed by atoms with E-state index in [0.717, 1.165) is 5.57 Å². The lowest BCUT2D eigenvalue weighted by Crippen LogP contribution is -1.68. The van der Waals surface area contributed by atoms with Crippen LogP contribution in [0.4, 0.5) is 0 Å². The van der Waals surface area contributed by atoms with Gasteiger partial charge in [-0.1, -0.05) is 12.2 Å². The Hall–Kier alpha value is -0.720. The van der Waals surface area contributed by atoms with E-state index in [4.69, 9.17) is 5.11 Å². The van der Waals surface area contributed by atoms with Crippen LogP contribution in [-0.4, -0.2) is 5.11 Å². The van der Waals surface area contributed by atoms with Gasteiger partial charge in [0.05, 0.1) is 0 Å². The van der Waals surface area contributed by atoms with E-state index in [1.54, 1.807) is 6.08 Å². The molecule has 0 fully saturated rings. The summed E-state index contributed by atoms with van der Waals surface area (Å²) in [4.78, 5) is 0. The van der Waals surface area contributed by atoms with Gasteiger partial charge >= 0.3 is 0 Å². The summed E-state index contributed by atoms with van der Waals surface area (Å²) in [5, 5.41) is 8.45. The van der Waals surface area contributed by atoms with E-state index in [1.165, 1.54) is 0 Å². The summed E-state index contributed by atoms with van der Waals surface area (Å²) in [7, 11) is 0. The molecular weight excluding hydrogens is 88.1 g/mol. The molecule has 0 aromatic carbocycles. The molecule has 0 aliphatic carbocycles. The predicted molar refractivity (Wildman–Crippen MR) is 31.2 cm³/mol. The zero-order chi connectivity index (χ0) is 5.86. The molecule has 0 aromatic rings. The fourth-order valence-corrected chi connectivity index (χ4v) is 0.333. The minimum Gasteiger partial charge on any atom is -0.509 e. The highest BCUT2D eigenvalue weighted by Gasteiger charge is 1.76. The van der Waals surface area contributed by atoms with E-state index in [0.29, 0.717) is 0 Å². The lowest BCUT2D eigenvalue weighted by atomic mass is 10.3. The van der Waals surface area contributed by atoms with Crippen molar-refractivity contribution in [3.8, 4) is 0 Å². The zero-order valence-electron chi connectivity index (χ0n) is 4.73. The first-order valence-electron chi connectivity index (χ1n) is 2.15. The molecule has 0 rings (SSSR count). The van der Waals surface area contributed by atoms with E-state index in [2.05, 4.69) is 6.58 Å². The Morgan fingerprint density at radius 2 is 2.00 bits per heavy atom. The van der Waals surface area contributed by atoms with Crippen LogP contribution in [0.3, 0.4) is 0 Å². The van der Waals surface area contributed by atoms with Crippen LogP contribution in [0.15, 0.2) is 24.0 Å². The molecule has 1 nitrogen and oxygen atoms in total. The number of aliphatic hydroxyl groups is 1. The number of aliphatic hydroxyl groups excluding tert-OH is 1. The van der Waals surface area contributed by atoms with Gasteiger partial charge in [0.2, 0.25) is 0 Å². The highest BCUT2D eigenvalue weighted by atomic mass is 16.3. The van der Waals surface area contributed by atoms with Crippen molar-refractivity contribution in [3.63, 3.8) is 0 Å². The standard InChI is InChI=1S/C6H10O/c1-5(2)4-6(3)7/h4,7H,3H2,1-2H3. The summed E-state index contributed by atoms with van der Waals surface area (Å²) in [6.45, 7) is 7.08. The van der Waals surface area contributed by atoms with Crippen LogP contribution in [0.25, 0.3) is 0 Å². The Labute approximate surface area is 44.0 Å². The van der Waals surface area contributed by atoms with Gasteiger partial charge < -0.3 is 5.11 Å². The molecule has 0 aromatic heterocycles. The zero-order valence-corrected chi connectivity index (χ0v) is 4.73. The van der Waals surface area contributed by atoms with E-state index in [1.807, 2.05) is 13.8 Å². The van der Waals surface area contributed by atoms with Gasteiger partial charge in [0.1, 0.15) is 5.76 Å². The molecule has 0 heterocycles. The molecule has 0 radical (unpaired) electrons. The minimum absolute atomic E-state index is 0.125. The van der Waals surface area contributed by atoms with Crippen molar-refractivity contribution in [2.24, 2.45) is 0 Å². The van der Waals surface area contributed by atoms with Gasteiger partial charge in [-0.2, -0.15) is 0 Å². The predicted octanol–water partition coefficient (Wildman–Crippen LogP) is 2.02. The van der Waals surface area contributed by atoms with Gasteiger partial charge in [-0.25, -0.2) is 0 Å². The van der Waals surface area contributed by atoms with Gasteiger partial charge in [-0.05, 0) is 19.9 Å². The molecule has 0 saturated carbocycles. The third kappa shape index (κ3) is 5.28. The Morgan fingerprint density at radius 3 is 2.00 bits per heavy atom. The first-order valence-corrected chi connectivity index (χ1v) is 2.15. The average Bonchev–Trinajstić information content (AvgIpc) is 1.27. The Morgan fingerprint density at radius 1 is 1.57 bits per heavy atom. The van der Waals surface area contributed by atoms with Crippen molar-refractivity contribution in [1.29, 1.82) is 0 Å². The second-order valence-electron chi connectivity index (χ2n) is 1.71. The lowest BCUT2D eigenvalue weighted by Gasteiger charge is -1.85. The normalized spacial score (nSPS) is 7.71. The Bertz CT molecular complexity index is 96.7. The summed E-state index contributed by atoms with van der Waals surface area (Å²) >= 11 is 0. The van der Waals surface area contributed by atoms with Crippen LogP contribution in [0, 0.1) is 0 Å². The molecule has 0 unspecified atom stereocenters. The van der Waals surface area contributed by atoms with E-state index >= 15 is 0 Å². The van der Waals surface area contributed by atoms with Gasteiger partial charge in [0.25, 0.3) is 0 Å². The minimum atomic E-state index is 0.125. The second kappa shape index (κ2) is 2.45. The largest absolute Gasteiger partial charge is 0.509 e. The topological polar surface area (TPSA) is 20.2 Å². The molecule has 0 atom stereocenters. The SMILES string of the molecule is C=C(O)C=C(C)C. The molecular formula is C6H10O. The first kappa shape index (κ1) is 6.28. The Kier molecular flexibility index (Phi) is 2.20. The summed E-state index contributed by atoms with van der Waals surface area (Å²) in [6.07, 6.45) is 1.61. The fourth-order valence-electron chi connectivity index (χ4n) is 0.333. The molecule has 0 saturated heterocycles. The van der Waals surface area contributed by atoms with E-state index in [9.17, 15) is 0 Å². The maximum atomic E-state index is 8.45. The molecule has 1 N–H and O–H groups in total. The van der Waals surface area contributed by atoms with Crippen LogP contribution >= 0.6 is 0 Å². The van der Waals surface area contributed by atoms with Gasteiger partial charge in [-0.15, -0.1) is 0 Å². The monoisotopic (exact) mass is 98.1 g/mol. The molecule has 7 heavy (non-hydrogen) atoms. The summed E-state index contributed by atoms with van der Waals surface area (Å²) in [5.41, 5.74) is 1.06. The fraction of sp³-hybridized carbons (Fsp3) is 0.333. The molecule has 0 aliphatic heterocycles. The number of rotatable bonds is 1. The molecule has 1 heteroatoms. The number of hydrogen-bond donors (Lipinski definition) is 1. The van der Waals surface area contributed by atoms with Gasteiger partial charge in [0.15, 0.2) is 0 Å². The average molecular weight is 98.1 g/mol. The van der Waals surface area contributed by atoms with E-state index in [-0.39, 0.29) is 5.76 Å². The van der Waals surface area contributed by atoms with Crippen LogP contribution < -0.4 is 0 Å². The van der Waals surface area contributed by atoms with Crippen LogP contribution in [0.5, 0.6) is 0 Å². The maximum absolute atomic E-state index is 8.45. The van der Waals surface area contributed by atoms with Crippen molar-refractivity contribution in [3.05, 3.63) is 24.0 Å². The molecule has 0 bridgehead atoms. The highest BCUT2D eigenvalue weighted by molar-refractivity contribution is 5.10. The molecule has 0 aliphatic rings. The maximum Gasteiger partial charge on any atom is 0.108 e. The quantitative estimate of drug-likeness (QED) is 0.393. The Balaban J connectivity index is 3.68. The van der Waals surface area contributed by atoms with Gasteiger partial charge in [-0.3, -0.25) is 0 Å². The lowest BCUT2D eigenvalue weighted by molar-refractivity contribution is 0.434. The van der Waals surface area contributed by atoms with Crippen molar-refractivity contribution in [2.75, 3.05) is 0 Å². The van der Waals surface area contributed by atoms with E-state index < -0.39 is 0 Å². The first-order chi connectivity index (χ1) is 3.13. The van der Waals surface area contributed by atoms with Crippen molar-refractivity contribution < 1.29 is 5.11 Å². The van der Waals surface area contributed by atoms with Crippen molar-refractivity contribution in [1.82, 2.24) is 0 Å². The number of hydrogen-bond acceptors (Lipinski definition) is 1. The van der Waals surface area contributed by atoms with Crippen LogP contribution in [0.2, 0.25) is 0 Å².